The summed E-state index contributed by atoms with van der Waals surface area (Å²) in [4.78, 5) is 13.6. The molecular weight excluding hydrogens is 476 g/mol. The van der Waals surface area contributed by atoms with E-state index >= 15 is 0 Å². The van der Waals surface area contributed by atoms with Gasteiger partial charge in [0.15, 0.2) is 17.3 Å². The van der Waals surface area contributed by atoms with Crippen molar-refractivity contribution in [2.75, 3.05) is 7.11 Å². The molecule has 0 bridgehead atoms. The molecule has 5 heteroatoms. The lowest BCUT2D eigenvalue weighted by atomic mass is 9.84. The van der Waals surface area contributed by atoms with E-state index in [0.29, 0.717) is 12.2 Å². The Bertz CT molecular complexity index is 1440. The van der Waals surface area contributed by atoms with Gasteiger partial charge in [-0.2, -0.15) is 0 Å². The number of phenolic OH excluding ortho intramolecular Hbond substituents is 3. The third-order valence-corrected chi connectivity index (χ3v) is 6.82. The zero-order valence-electron chi connectivity index (χ0n) is 21.9. The van der Waals surface area contributed by atoms with Gasteiger partial charge in [0.2, 0.25) is 0 Å². The van der Waals surface area contributed by atoms with Gasteiger partial charge in [-0.05, 0) is 101 Å². The quantitative estimate of drug-likeness (QED) is 0.142. The molecule has 0 saturated carbocycles. The van der Waals surface area contributed by atoms with E-state index in [9.17, 15) is 20.1 Å². The van der Waals surface area contributed by atoms with Gasteiger partial charge in [-0.1, -0.05) is 56.2 Å². The highest BCUT2D eigenvalue weighted by atomic mass is 16.5. The SMILES string of the molecule is CCCCC/C=C/C(=O)[C@H](Cc1ccc(O)c(OC)c1)c1cc(-c2ccc(O)cc2)c2ccc(O)cc2c1. The maximum Gasteiger partial charge on any atom is 0.163 e. The minimum absolute atomic E-state index is 0.00954. The number of ether oxygens (including phenoxy) is 1. The molecule has 0 spiro atoms. The first-order valence-electron chi connectivity index (χ1n) is 13.0. The van der Waals surface area contributed by atoms with Crippen molar-refractivity contribution in [1.29, 1.82) is 0 Å². The first-order valence-corrected chi connectivity index (χ1v) is 13.0. The van der Waals surface area contributed by atoms with Gasteiger partial charge in [0.25, 0.3) is 0 Å². The van der Waals surface area contributed by atoms with E-state index in [0.717, 1.165) is 58.7 Å². The predicted octanol–water partition coefficient (Wildman–Crippen LogP) is 7.66. The smallest absolute Gasteiger partial charge is 0.163 e. The third-order valence-electron chi connectivity index (χ3n) is 6.82. The van der Waals surface area contributed by atoms with Crippen LogP contribution in [-0.4, -0.2) is 28.2 Å². The minimum atomic E-state index is -0.491. The van der Waals surface area contributed by atoms with Crippen LogP contribution in [0.2, 0.25) is 0 Å². The fraction of sp³-hybridized carbons (Fsp3) is 0.242. The van der Waals surface area contributed by atoms with Gasteiger partial charge in [0, 0.05) is 0 Å². The number of hydrogen-bond acceptors (Lipinski definition) is 5. The van der Waals surface area contributed by atoms with Crippen molar-refractivity contribution in [2.45, 2.75) is 44.9 Å². The normalized spacial score (nSPS) is 12.2. The highest BCUT2D eigenvalue weighted by molar-refractivity contribution is 6.01. The third kappa shape index (κ3) is 6.35. The summed E-state index contributed by atoms with van der Waals surface area (Å²) in [7, 11) is 1.50. The van der Waals surface area contributed by atoms with Crippen LogP contribution >= 0.6 is 0 Å². The molecule has 0 aliphatic carbocycles. The van der Waals surface area contributed by atoms with Crippen molar-refractivity contribution in [3.05, 3.63) is 96.1 Å². The lowest BCUT2D eigenvalue weighted by molar-refractivity contribution is -0.116. The highest BCUT2D eigenvalue weighted by Crippen LogP contribution is 2.37. The van der Waals surface area contributed by atoms with Gasteiger partial charge in [0.05, 0.1) is 13.0 Å². The molecule has 0 amide bonds. The van der Waals surface area contributed by atoms with Crippen LogP contribution in [0.3, 0.4) is 0 Å². The average molecular weight is 511 g/mol. The van der Waals surface area contributed by atoms with Crippen molar-refractivity contribution in [1.82, 2.24) is 0 Å². The van der Waals surface area contributed by atoms with Gasteiger partial charge in [-0.25, -0.2) is 0 Å². The lowest BCUT2D eigenvalue weighted by Gasteiger charge is -2.19. The molecule has 0 aliphatic rings. The Hall–Kier alpha value is -4.25. The van der Waals surface area contributed by atoms with Gasteiger partial charge >= 0.3 is 0 Å². The molecule has 196 valence electrons. The number of carbonyl (C=O) groups excluding carboxylic acids is 1. The Morgan fingerprint density at radius 2 is 1.66 bits per heavy atom. The van der Waals surface area contributed by atoms with Crippen LogP contribution in [-0.2, 0) is 11.2 Å². The van der Waals surface area contributed by atoms with Gasteiger partial charge in [-0.15, -0.1) is 0 Å². The molecule has 4 rings (SSSR count). The number of rotatable bonds is 11. The molecule has 0 aliphatic heterocycles. The number of carbonyl (C=O) groups is 1. The number of aromatic hydroxyl groups is 3. The first kappa shape index (κ1) is 26.8. The van der Waals surface area contributed by atoms with Crippen molar-refractivity contribution >= 4 is 16.6 Å². The van der Waals surface area contributed by atoms with Crippen molar-refractivity contribution in [3.63, 3.8) is 0 Å². The van der Waals surface area contributed by atoms with Gasteiger partial charge in [-0.3, -0.25) is 4.79 Å². The summed E-state index contributed by atoms with van der Waals surface area (Å²) in [6.07, 6.45) is 8.19. The van der Waals surface area contributed by atoms with E-state index in [1.165, 1.54) is 7.11 Å². The molecule has 0 saturated heterocycles. The molecule has 38 heavy (non-hydrogen) atoms. The topological polar surface area (TPSA) is 87.0 Å². The van der Waals surface area contributed by atoms with Crippen LogP contribution in [0.15, 0.2) is 84.9 Å². The number of allylic oxidation sites excluding steroid dienone is 2. The molecular formula is C33H34O5. The summed E-state index contributed by atoms with van der Waals surface area (Å²) in [6, 6.07) is 21.3. The molecule has 0 radical (unpaired) electrons. The van der Waals surface area contributed by atoms with Crippen LogP contribution in [0, 0.1) is 0 Å². The van der Waals surface area contributed by atoms with Crippen LogP contribution in [0.25, 0.3) is 21.9 Å². The average Bonchev–Trinajstić information content (AvgIpc) is 2.92. The number of phenols is 3. The molecule has 0 unspecified atom stereocenters. The van der Waals surface area contributed by atoms with E-state index in [4.69, 9.17) is 4.74 Å². The van der Waals surface area contributed by atoms with Crippen LogP contribution < -0.4 is 4.74 Å². The lowest BCUT2D eigenvalue weighted by Crippen LogP contribution is -2.14. The number of fused-ring (bicyclic) bond motifs is 1. The Morgan fingerprint density at radius 3 is 2.39 bits per heavy atom. The standard InChI is InChI=1S/C33H34O5/c1-3-4-5-6-7-8-31(36)30(17-22-9-16-32(37)33(18-22)38-2)25-19-24-20-27(35)14-15-28(24)29(21-25)23-10-12-26(34)13-11-23/h7-16,18-21,30,34-35,37H,3-6,17H2,1-2H3/b8-7+/t30-/m1/s1. The van der Waals surface area contributed by atoms with Crippen molar-refractivity contribution in [3.8, 4) is 34.1 Å². The van der Waals surface area contributed by atoms with Crippen LogP contribution in [0.1, 0.15) is 49.7 Å². The minimum Gasteiger partial charge on any atom is -0.508 e. The Balaban J connectivity index is 1.82. The number of methoxy groups -OCH3 is 1. The second kappa shape index (κ2) is 12.3. The second-order valence-electron chi connectivity index (χ2n) is 9.58. The van der Waals surface area contributed by atoms with E-state index in [2.05, 4.69) is 6.92 Å². The molecule has 3 N–H and O–H groups in total. The van der Waals surface area contributed by atoms with Gasteiger partial charge < -0.3 is 20.1 Å². The zero-order chi connectivity index (χ0) is 27.1. The maximum atomic E-state index is 13.6. The van der Waals surface area contributed by atoms with E-state index in [1.54, 1.807) is 48.5 Å². The number of ketones is 1. The number of hydrogen-bond donors (Lipinski definition) is 3. The van der Waals surface area contributed by atoms with Crippen molar-refractivity contribution < 1.29 is 24.9 Å². The highest BCUT2D eigenvalue weighted by Gasteiger charge is 2.22. The first-order chi connectivity index (χ1) is 18.4. The zero-order valence-corrected chi connectivity index (χ0v) is 21.9. The monoisotopic (exact) mass is 510 g/mol. The van der Waals surface area contributed by atoms with Crippen molar-refractivity contribution in [2.24, 2.45) is 0 Å². The number of unbranched alkanes of at least 4 members (excludes halogenated alkanes) is 3. The molecule has 0 aromatic heterocycles. The largest absolute Gasteiger partial charge is 0.508 e. The Kier molecular flexibility index (Phi) is 8.70. The molecule has 0 fully saturated rings. The molecule has 4 aromatic rings. The molecule has 4 aromatic carbocycles. The molecule has 0 heterocycles. The predicted molar refractivity (Wildman–Crippen MR) is 152 cm³/mol. The van der Waals surface area contributed by atoms with Crippen LogP contribution in [0.5, 0.6) is 23.0 Å². The summed E-state index contributed by atoms with van der Waals surface area (Å²) in [5.74, 6) is 0.226. The van der Waals surface area contributed by atoms with Crippen LogP contribution in [0.4, 0.5) is 0 Å². The Morgan fingerprint density at radius 1 is 0.895 bits per heavy atom. The summed E-state index contributed by atoms with van der Waals surface area (Å²) in [5, 5.41) is 31.9. The molecule has 5 nitrogen and oxygen atoms in total. The fourth-order valence-corrected chi connectivity index (χ4v) is 4.76. The Labute approximate surface area is 223 Å². The molecule has 1 atom stereocenters. The van der Waals surface area contributed by atoms with E-state index in [1.807, 2.05) is 36.4 Å². The summed E-state index contributed by atoms with van der Waals surface area (Å²) in [5.41, 5.74) is 3.49. The van der Waals surface area contributed by atoms with E-state index < -0.39 is 5.92 Å². The summed E-state index contributed by atoms with van der Waals surface area (Å²) in [6.45, 7) is 2.15. The number of benzene rings is 4. The summed E-state index contributed by atoms with van der Waals surface area (Å²) < 4.78 is 5.30. The maximum absolute atomic E-state index is 13.6. The summed E-state index contributed by atoms with van der Waals surface area (Å²) >= 11 is 0. The second-order valence-corrected chi connectivity index (χ2v) is 9.58. The fourth-order valence-electron chi connectivity index (χ4n) is 4.76. The van der Waals surface area contributed by atoms with E-state index in [-0.39, 0.29) is 23.0 Å². The van der Waals surface area contributed by atoms with Gasteiger partial charge in [0.1, 0.15) is 11.5 Å².